The maximum absolute atomic E-state index is 10.9. The Hall–Kier alpha value is -1.47. The lowest BCUT2D eigenvalue weighted by Crippen LogP contribution is -2.24. The molecule has 0 heterocycles. The molecule has 1 atom stereocenters. The number of rotatable bonds is 4. The normalized spacial score (nSPS) is 12.1. The fraction of sp³-hybridized carbons (Fsp3) is 0.250. The van der Waals surface area contributed by atoms with Crippen LogP contribution in [0.15, 0.2) is 24.3 Å². The quantitative estimate of drug-likeness (QED) is 0.483. The third-order valence-electron chi connectivity index (χ3n) is 1.80. The van der Waals surface area contributed by atoms with E-state index in [2.05, 4.69) is 0 Å². The number of hydrogen-bond acceptors (Lipinski definition) is 3. The van der Waals surface area contributed by atoms with Crippen LogP contribution in [0.3, 0.4) is 0 Å². The van der Waals surface area contributed by atoms with Gasteiger partial charge in [0.15, 0.2) is 0 Å². The zero-order valence-electron chi connectivity index (χ0n) is 7.99. The SMILES string of the molecule is CCN(c1cccc([N+](=O)[O-])c1)S(=O)O. The molecule has 0 saturated carbocycles. The molecule has 0 radical (unpaired) electrons. The number of benzene rings is 1. The van der Waals surface area contributed by atoms with E-state index in [9.17, 15) is 14.3 Å². The highest BCUT2D eigenvalue weighted by molar-refractivity contribution is 7.80. The second kappa shape index (κ2) is 4.85. The van der Waals surface area contributed by atoms with E-state index in [-0.39, 0.29) is 5.69 Å². The van der Waals surface area contributed by atoms with Crippen molar-refractivity contribution in [2.45, 2.75) is 6.92 Å². The molecule has 0 bridgehead atoms. The van der Waals surface area contributed by atoms with Crippen molar-refractivity contribution in [3.05, 3.63) is 34.4 Å². The molecule has 15 heavy (non-hydrogen) atoms. The van der Waals surface area contributed by atoms with Crippen LogP contribution in [0.4, 0.5) is 11.4 Å². The lowest BCUT2D eigenvalue weighted by atomic mass is 10.3. The summed E-state index contributed by atoms with van der Waals surface area (Å²) in [6.45, 7) is 1.98. The smallest absolute Gasteiger partial charge is 0.271 e. The van der Waals surface area contributed by atoms with Gasteiger partial charge in [0, 0.05) is 18.7 Å². The average molecular weight is 230 g/mol. The number of nitro benzene ring substituents is 1. The van der Waals surface area contributed by atoms with Gasteiger partial charge in [0.2, 0.25) is 0 Å². The molecule has 1 aromatic carbocycles. The first kappa shape index (κ1) is 11.6. The second-order valence-electron chi connectivity index (χ2n) is 2.70. The van der Waals surface area contributed by atoms with Gasteiger partial charge in [-0.05, 0) is 13.0 Å². The standard InChI is InChI=1S/C8H10N2O4S/c1-2-9(15(13)14)7-4-3-5-8(6-7)10(11)12/h3-6H,2H2,1H3,(H,13,14). The Labute approximate surface area is 89.1 Å². The molecule has 7 heteroatoms. The minimum atomic E-state index is -2.17. The van der Waals surface area contributed by atoms with Crippen LogP contribution in [-0.4, -0.2) is 20.2 Å². The van der Waals surface area contributed by atoms with Gasteiger partial charge in [-0.2, -0.15) is 0 Å². The first-order valence-corrected chi connectivity index (χ1v) is 5.25. The van der Waals surface area contributed by atoms with Crippen molar-refractivity contribution in [2.24, 2.45) is 0 Å². The summed E-state index contributed by atoms with van der Waals surface area (Å²) >= 11 is -2.17. The highest BCUT2D eigenvalue weighted by Gasteiger charge is 2.13. The zero-order chi connectivity index (χ0) is 11.4. The number of nitro groups is 1. The van der Waals surface area contributed by atoms with Crippen LogP contribution in [0.25, 0.3) is 0 Å². The number of anilines is 1. The molecular weight excluding hydrogens is 220 g/mol. The lowest BCUT2D eigenvalue weighted by Gasteiger charge is -2.16. The van der Waals surface area contributed by atoms with Crippen molar-refractivity contribution < 1.29 is 13.7 Å². The maximum Gasteiger partial charge on any atom is 0.271 e. The lowest BCUT2D eigenvalue weighted by molar-refractivity contribution is -0.384. The number of hydrogen-bond donors (Lipinski definition) is 1. The third-order valence-corrected chi connectivity index (χ3v) is 2.65. The third kappa shape index (κ3) is 2.74. The molecule has 6 nitrogen and oxygen atoms in total. The minimum absolute atomic E-state index is 0.101. The van der Waals surface area contributed by atoms with Gasteiger partial charge in [-0.3, -0.25) is 19.0 Å². The molecule has 0 amide bonds. The van der Waals surface area contributed by atoms with E-state index in [0.29, 0.717) is 12.2 Å². The van der Waals surface area contributed by atoms with Gasteiger partial charge in [-0.15, -0.1) is 0 Å². The van der Waals surface area contributed by atoms with Crippen LogP contribution in [0.5, 0.6) is 0 Å². The van der Waals surface area contributed by atoms with Crippen molar-refractivity contribution in [3.63, 3.8) is 0 Å². The summed E-state index contributed by atoms with van der Waals surface area (Å²) in [6, 6.07) is 5.61. The topological polar surface area (TPSA) is 83.7 Å². The molecule has 0 aliphatic rings. The highest BCUT2D eigenvalue weighted by Crippen LogP contribution is 2.21. The van der Waals surface area contributed by atoms with Gasteiger partial charge in [0.05, 0.1) is 10.6 Å². The first-order valence-electron chi connectivity index (χ1n) is 4.19. The van der Waals surface area contributed by atoms with Crippen LogP contribution in [0.2, 0.25) is 0 Å². The van der Waals surface area contributed by atoms with Crippen molar-refractivity contribution in [1.82, 2.24) is 0 Å². The van der Waals surface area contributed by atoms with E-state index in [0.717, 1.165) is 4.31 Å². The predicted octanol–water partition coefficient (Wildman–Crippen LogP) is 1.56. The molecule has 1 aromatic rings. The summed E-state index contributed by atoms with van der Waals surface area (Å²) in [5, 5.41) is 10.5. The van der Waals surface area contributed by atoms with Crippen LogP contribution < -0.4 is 4.31 Å². The van der Waals surface area contributed by atoms with E-state index < -0.39 is 16.2 Å². The minimum Gasteiger partial charge on any atom is -0.289 e. The number of nitrogens with zero attached hydrogens (tertiary/aromatic N) is 2. The van der Waals surface area contributed by atoms with Crippen molar-refractivity contribution in [3.8, 4) is 0 Å². The second-order valence-corrected chi connectivity index (χ2v) is 3.60. The molecule has 1 rings (SSSR count). The van der Waals surface area contributed by atoms with Crippen LogP contribution in [-0.2, 0) is 11.3 Å². The Morgan fingerprint density at radius 1 is 1.60 bits per heavy atom. The zero-order valence-corrected chi connectivity index (χ0v) is 8.81. The summed E-state index contributed by atoms with van der Waals surface area (Å²) in [6.07, 6.45) is 0. The molecule has 0 fully saturated rings. The Kier molecular flexibility index (Phi) is 3.75. The molecule has 1 N–H and O–H groups in total. The Bertz CT molecular complexity index is 396. The molecule has 0 spiro atoms. The van der Waals surface area contributed by atoms with E-state index in [1.54, 1.807) is 13.0 Å². The Balaban J connectivity index is 3.08. The summed E-state index contributed by atoms with van der Waals surface area (Å²) in [5.74, 6) is 0. The molecular formula is C8H10N2O4S. The van der Waals surface area contributed by atoms with Gasteiger partial charge in [0.1, 0.15) is 0 Å². The molecule has 0 saturated heterocycles. The van der Waals surface area contributed by atoms with E-state index in [1.165, 1.54) is 18.2 Å². The fourth-order valence-corrected chi connectivity index (χ4v) is 1.66. The highest BCUT2D eigenvalue weighted by atomic mass is 32.2. The van der Waals surface area contributed by atoms with E-state index in [4.69, 9.17) is 4.55 Å². The summed E-state index contributed by atoms with van der Waals surface area (Å²) in [7, 11) is 0. The monoisotopic (exact) mass is 230 g/mol. The maximum atomic E-state index is 10.9. The van der Waals surface area contributed by atoms with Crippen molar-refractivity contribution >= 4 is 22.6 Å². The van der Waals surface area contributed by atoms with Crippen molar-refractivity contribution in [2.75, 3.05) is 10.8 Å². The molecule has 0 aliphatic carbocycles. The molecule has 0 aromatic heterocycles. The van der Waals surface area contributed by atoms with Gasteiger partial charge in [0.25, 0.3) is 17.0 Å². The summed E-state index contributed by atoms with van der Waals surface area (Å²) in [4.78, 5) is 9.94. The Morgan fingerprint density at radius 2 is 2.27 bits per heavy atom. The van der Waals surface area contributed by atoms with Gasteiger partial charge in [-0.25, -0.2) is 4.21 Å². The van der Waals surface area contributed by atoms with Gasteiger partial charge >= 0.3 is 0 Å². The first-order chi connectivity index (χ1) is 7.06. The van der Waals surface area contributed by atoms with Gasteiger partial charge in [-0.1, -0.05) is 6.07 Å². The van der Waals surface area contributed by atoms with Crippen LogP contribution in [0, 0.1) is 10.1 Å². The van der Waals surface area contributed by atoms with Crippen LogP contribution in [0.1, 0.15) is 6.92 Å². The fourth-order valence-electron chi connectivity index (χ4n) is 1.14. The predicted molar refractivity (Wildman–Crippen MR) is 56.9 cm³/mol. The largest absolute Gasteiger partial charge is 0.289 e. The summed E-state index contributed by atoms with van der Waals surface area (Å²) in [5.41, 5.74) is 0.254. The number of non-ortho nitro benzene ring substituents is 1. The molecule has 1 unspecified atom stereocenters. The van der Waals surface area contributed by atoms with E-state index in [1.807, 2.05) is 0 Å². The summed E-state index contributed by atoms with van der Waals surface area (Å²) < 4.78 is 20.9. The van der Waals surface area contributed by atoms with Crippen LogP contribution >= 0.6 is 0 Å². The Morgan fingerprint density at radius 3 is 2.73 bits per heavy atom. The van der Waals surface area contributed by atoms with Gasteiger partial charge < -0.3 is 0 Å². The van der Waals surface area contributed by atoms with E-state index >= 15 is 0 Å². The average Bonchev–Trinajstić information content (AvgIpc) is 2.18. The van der Waals surface area contributed by atoms with Crippen molar-refractivity contribution in [1.29, 1.82) is 0 Å². The molecule has 82 valence electrons. The molecule has 0 aliphatic heterocycles.